The second kappa shape index (κ2) is 6.58. The molecule has 0 atom stereocenters. The van der Waals surface area contributed by atoms with E-state index in [2.05, 4.69) is 20.6 Å². The molecule has 0 spiro atoms. The summed E-state index contributed by atoms with van der Waals surface area (Å²) in [7, 11) is 3.79. The Morgan fingerprint density at radius 1 is 1.23 bits per heavy atom. The Labute approximate surface area is 158 Å². The van der Waals surface area contributed by atoms with Crippen molar-refractivity contribution >= 4 is 44.9 Å². The molecule has 0 saturated heterocycles. The number of anilines is 1. The quantitative estimate of drug-likeness (QED) is 0.583. The number of rotatable bonds is 4. The highest BCUT2D eigenvalue weighted by molar-refractivity contribution is 7.99. The van der Waals surface area contributed by atoms with Crippen LogP contribution in [0.15, 0.2) is 46.7 Å². The molecule has 9 heteroatoms. The fourth-order valence-corrected chi connectivity index (χ4v) is 4.37. The number of carbonyl (C=O) groups excluding carboxylic acids is 1. The molecular formula is C17H16N6OS2. The zero-order valence-electron chi connectivity index (χ0n) is 14.4. The lowest BCUT2D eigenvalue weighted by Crippen LogP contribution is -2.09. The smallest absolute Gasteiger partial charge is 0.265 e. The number of aromatic nitrogens is 5. The Morgan fingerprint density at radius 2 is 2.00 bits per heavy atom. The lowest BCUT2D eigenvalue weighted by atomic mass is 10.3. The van der Waals surface area contributed by atoms with Crippen LogP contribution in [0.2, 0.25) is 0 Å². The Kier molecular flexibility index (Phi) is 4.25. The van der Waals surface area contributed by atoms with Gasteiger partial charge in [-0.1, -0.05) is 0 Å². The average Bonchev–Trinajstić information content (AvgIpc) is 3.29. The summed E-state index contributed by atoms with van der Waals surface area (Å²) < 4.78 is 3.67. The Hall–Kier alpha value is -2.65. The highest BCUT2D eigenvalue weighted by Gasteiger charge is 2.15. The maximum atomic E-state index is 12.5. The summed E-state index contributed by atoms with van der Waals surface area (Å²) in [5.41, 5.74) is 1.69. The number of nitrogens with one attached hydrogen (secondary N) is 1. The normalized spacial score (nSPS) is 11.2. The lowest BCUT2D eigenvalue weighted by Gasteiger charge is -2.05. The highest BCUT2D eigenvalue weighted by atomic mass is 32.2. The van der Waals surface area contributed by atoms with E-state index < -0.39 is 0 Å². The van der Waals surface area contributed by atoms with Crippen molar-refractivity contribution < 1.29 is 4.79 Å². The first-order chi connectivity index (χ1) is 12.5. The first-order valence-corrected chi connectivity index (χ1v) is 9.51. The molecule has 0 aliphatic heterocycles. The first-order valence-electron chi connectivity index (χ1n) is 7.87. The molecule has 1 N–H and O–H groups in total. The number of amides is 1. The number of nitrogens with zero attached hydrogens (tertiary/aromatic N) is 5. The molecule has 4 aromatic rings. The lowest BCUT2D eigenvalue weighted by molar-refractivity contribution is 0.103. The van der Waals surface area contributed by atoms with E-state index >= 15 is 0 Å². The molecule has 0 bridgehead atoms. The Bertz CT molecular complexity index is 1060. The number of thiophene rings is 1. The van der Waals surface area contributed by atoms with Gasteiger partial charge in [-0.3, -0.25) is 9.48 Å². The van der Waals surface area contributed by atoms with Crippen LogP contribution in [-0.4, -0.2) is 30.5 Å². The maximum Gasteiger partial charge on any atom is 0.265 e. The standard InChI is InChI=1S/C17H16N6OS2/c1-10-13-8-14(26-16(13)23(3)21-10)15(24)19-11-4-6-12(7-5-11)25-17-20-18-9-22(17)2/h4-9H,1-3H3,(H,19,24). The molecule has 7 nitrogen and oxygen atoms in total. The predicted molar refractivity (Wildman–Crippen MR) is 103 cm³/mol. The highest BCUT2D eigenvalue weighted by Crippen LogP contribution is 2.29. The van der Waals surface area contributed by atoms with Crippen LogP contribution in [0, 0.1) is 6.92 Å². The van der Waals surface area contributed by atoms with Crippen LogP contribution in [0.1, 0.15) is 15.4 Å². The summed E-state index contributed by atoms with van der Waals surface area (Å²) in [5, 5.41) is 17.1. The van der Waals surface area contributed by atoms with Crippen LogP contribution in [0.3, 0.4) is 0 Å². The molecular weight excluding hydrogens is 368 g/mol. The fourth-order valence-electron chi connectivity index (χ4n) is 2.59. The third-order valence-corrected chi connectivity index (χ3v) is 6.17. The molecule has 0 saturated carbocycles. The number of fused-ring (bicyclic) bond motifs is 1. The summed E-state index contributed by atoms with van der Waals surface area (Å²) >= 11 is 2.97. The minimum atomic E-state index is -0.112. The van der Waals surface area contributed by atoms with Gasteiger partial charge in [-0.05, 0) is 49.0 Å². The number of aryl methyl sites for hydroxylation is 3. The molecule has 0 unspecified atom stereocenters. The number of hydrogen-bond donors (Lipinski definition) is 1. The van der Waals surface area contributed by atoms with Gasteiger partial charge in [-0.2, -0.15) is 5.10 Å². The van der Waals surface area contributed by atoms with E-state index in [1.54, 1.807) is 6.33 Å². The van der Waals surface area contributed by atoms with E-state index in [0.717, 1.165) is 31.6 Å². The second-order valence-corrected chi connectivity index (χ2v) is 7.91. The molecule has 3 aromatic heterocycles. The van der Waals surface area contributed by atoms with E-state index in [4.69, 9.17) is 0 Å². The van der Waals surface area contributed by atoms with Gasteiger partial charge in [-0.25, -0.2) is 0 Å². The predicted octanol–water partition coefficient (Wildman–Crippen LogP) is 3.48. The van der Waals surface area contributed by atoms with Crippen LogP contribution in [0.5, 0.6) is 0 Å². The van der Waals surface area contributed by atoms with Crippen molar-refractivity contribution in [2.24, 2.45) is 14.1 Å². The molecule has 0 fully saturated rings. The van der Waals surface area contributed by atoms with Crippen LogP contribution in [0.4, 0.5) is 5.69 Å². The summed E-state index contributed by atoms with van der Waals surface area (Å²) in [6.45, 7) is 1.95. The summed E-state index contributed by atoms with van der Waals surface area (Å²) in [6.07, 6.45) is 1.67. The molecule has 3 heterocycles. The van der Waals surface area contributed by atoms with E-state index in [0.29, 0.717) is 4.88 Å². The zero-order valence-corrected chi connectivity index (χ0v) is 16.1. The van der Waals surface area contributed by atoms with Gasteiger partial charge >= 0.3 is 0 Å². The Morgan fingerprint density at radius 3 is 2.65 bits per heavy atom. The van der Waals surface area contributed by atoms with Gasteiger partial charge in [0, 0.05) is 30.1 Å². The number of hydrogen-bond acceptors (Lipinski definition) is 6. The first kappa shape index (κ1) is 16.8. The topological polar surface area (TPSA) is 77.6 Å². The third kappa shape index (κ3) is 3.11. The van der Waals surface area contributed by atoms with Crippen molar-refractivity contribution in [2.45, 2.75) is 17.0 Å². The van der Waals surface area contributed by atoms with Gasteiger partial charge in [0.25, 0.3) is 5.91 Å². The SMILES string of the molecule is Cc1nn(C)c2sc(C(=O)Nc3ccc(Sc4nncn4C)cc3)cc12. The van der Waals surface area contributed by atoms with Crippen molar-refractivity contribution in [3.63, 3.8) is 0 Å². The van der Waals surface area contributed by atoms with Crippen LogP contribution < -0.4 is 5.32 Å². The molecule has 1 amide bonds. The van der Waals surface area contributed by atoms with Gasteiger partial charge < -0.3 is 9.88 Å². The minimum Gasteiger partial charge on any atom is -0.321 e. The zero-order chi connectivity index (χ0) is 18.3. The molecule has 0 aliphatic carbocycles. The second-order valence-electron chi connectivity index (χ2n) is 5.84. The number of carbonyl (C=O) groups is 1. The van der Waals surface area contributed by atoms with Gasteiger partial charge in [0.1, 0.15) is 11.2 Å². The molecule has 4 rings (SSSR count). The van der Waals surface area contributed by atoms with Gasteiger partial charge in [0.05, 0.1) is 10.6 Å². The van der Waals surface area contributed by atoms with E-state index in [-0.39, 0.29) is 5.91 Å². The number of benzene rings is 1. The molecule has 0 aliphatic rings. The van der Waals surface area contributed by atoms with E-state index in [1.807, 2.05) is 60.6 Å². The third-order valence-electron chi connectivity index (χ3n) is 3.91. The fraction of sp³-hybridized carbons (Fsp3) is 0.176. The summed E-state index contributed by atoms with van der Waals surface area (Å²) in [5.74, 6) is -0.112. The van der Waals surface area contributed by atoms with Gasteiger partial charge in [0.15, 0.2) is 5.16 Å². The molecule has 1 aromatic carbocycles. The van der Waals surface area contributed by atoms with Crippen molar-refractivity contribution in [2.75, 3.05) is 5.32 Å². The molecule has 26 heavy (non-hydrogen) atoms. The van der Waals surface area contributed by atoms with Crippen molar-refractivity contribution in [1.82, 2.24) is 24.5 Å². The summed E-state index contributed by atoms with van der Waals surface area (Å²) in [4.78, 5) is 15.2. The van der Waals surface area contributed by atoms with E-state index in [9.17, 15) is 4.79 Å². The van der Waals surface area contributed by atoms with Crippen molar-refractivity contribution in [3.8, 4) is 0 Å². The van der Waals surface area contributed by atoms with Crippen LogP contribution in [0.25, 0.3) is 10.2 Å². The monoisotopic (exact) mass is 384 g/mol. The average molecular weight is 384 g/mol. The van der Waals surface area contributed by atoms with E-state index in [1.165, 1.54) is 23.1 Å². The van der Waals surface area contributed by atoms with Gasteiger partial charge in [-0.15, -0.1) is 21.5 Å². The summed E-state index contributed by atoms with van der Waals surface area (Å²) in [6, 6.07) is 9.57. The van der Waals surface area contributed by atoms with Gasteiger partial charge in [0.2, 0.25) is 0 Å². The molecule has 132 valence electrons. The van der Waals surface area contributed by atoms with Crippen molar-refractivity contribution in [1.29, 1.82) is 0 Å². The van der Waals surface area contributed by atoms with Crippen LogP contribution in [-0.2, 0) is 14.1 Å². The van der Waals surface area contributed by atoms with Crippen molar-refractivity contribution in [3.05, 3.63) is 47.2 Å². The maximum absolute atomic E-state index is 12.5. The minimum absolute atomic E-state index is 0.112. The van der Waals surface area contributed by atoms with Crippen LogP contribution >= 0.6 is 23.1 Å². The molecule has 0 radical (unpaired) electrons. The largest absolute Gasteiger partial charge is 0.321 e. The Balaban J connectivity index is 1.48.